The molecule has 1 aliphatic heterocycles. The number of nitrogens with one attached hydrogen (secondary N) is 2. The highest BCUT2D eigenvalue weighted by molar-refractivity contribution is 7.92. The normalized spacial score (nSPS) is 13.9. The number of H-pyrrole nitrogens is 1. The summed E-state index contributed by atoms with van der Waals surface area (Å²) in [5.41, 5.74) is 4.03. The van der Waals surface area contributed by atoms with Crippen molar-refractivity contribution in [1.29, 1.82) is 0 Å². The molecule has 3 N–H and O–H groups in total. The minimum atomic E-state index is -5.08. The number of sulfonamides is 1. The number of amides is 1. The van der Waals surface area contributed by atoms with Gasteiger partial charge in [0.05, 0.1) is 12.7 Å². The van der Waals surface area contributed by atoms with Crippen LogP contribution >= 0.6 is 0 Å². The third-order valence-electron chi connectivity index (χ3n) is 5.13. The highest BCUT2D eigenvalue weighted by Crippen LogP contribution is 2.29. The number of hydrogen-bond donors (Lipinski definition) is 3. The molecule has 0 aliphatic carbocycles. The Kier molecular flexibility index (Phi) is 7.68. The SMILES string of the molecule is CS(=O)(=O)Nc1ccc(-c2ccnc3[nH]c(CC(=O)N4CCCC4)cc23)cc1.O=C(O)C(F)(F)F. The molecule has 0 radical (unpaired) electrons. The highest BCUT2D eigenvalue weighted by atomic mass is 32.2. The molecule has 3 heterocycles. The second-order valence-electron chi connectivity index (χ2n) is 7.93. The van der Waals surface area contributed by atoms with Gasteiger partial charge in [0, 0.05) is 36.1 Å². The molecule has 3 aromatic rings. The van der Waals surface area contributed by atoms with Gasteiger partial charge in [-0.05, 0) is 48.2 Å². The van der Waals surface area contributed by atoms with Crippen molar-refractivity contribution in [2.24, 2.45) is 0 Å². The summed E-state index contributed by atoms with van der Waals surface area (Å²) < 4.78 is 56.9. The van der Waals surface area contributed by atoms with Gasteiger partial charge in [0.2, 0.25) is 15.9 Å². The van der Waals surface area contributed by atoms with Gasteiger partial charge >= 0.3 is 12.1 Å². The first-order valence-corrected chi connectivity index (χ1v) is 12.4. The van der Waals surface area contributed by atoms with E-state index in [1.165, 1.54) is 0 Å². The Morgan fingerprint density at radius 2 is 1.74 bits per heavy atom. The van der Waals surface area contributed by atoms with E-state index >= 15 is 0 Å². The van der Waals surface area contributed by atoms with E-state index in [0.717, 1.165) is 60.0 Å². The maximum atomic E-state index is 12.4. The number of hydrogen-bond acceptors (Lipinski definition) is 5. The van der Waals surface area contributed by atoms with E-state index in [1.807, 2.05) is 29.2 Å². The predicted octanol–water partition coefficient (Wildman–Crippen LogP) is 3.40. The molecular weight excluding hydrogens is 489 g/mol. The Balaban J connectivity index is 0.000000429. The molecule has 0 atom stereocenters. The number of anilines is 1. The largest absolute Gasteiger partial charge is 0.490 e. The number of carbonyl (C=O) groups excluding carboxylic acids is 1. The number of carbonyl (C=O) groups is 2. The molecule has 188 valence electrons. The van der Waals surface area contributed by atoms with Crippen LogP contribution in [0.1, 0.15) is 18.5 Å². The zero-order chi connectivity index (χ0) is 25.8. The third-order valence-corrected chi connectivity index (χ3v) is 5.74. The molecule has 1 amide bonds. The van der Waals surface area contributed by atoms with E-state index < -0.39 is 22.2 Å². The molecule has 0 saturated carbocycles. The fraction of sp³-hybridized carbons (Fsp3) is 0.318. The lowest BCUT2D eigenvalue weighted by Crippen LogP contribution is -2.29. The van der Waals surface area contributed by atoms with E-state index in [2.05, 4.69) is 14.7 Å². The lowest BCUT2D eigenvalue weighted by molar-refractivity contribution is -0.192. The number of alkyl halides is 3. The fourth-order valence-corrected chi connectivity index (χ4v) is 4.17. The van der Waals surface area contributed by atoms with Gasteiger partial charge in [-0.1, -0.05) is 12.1 Å². The summed E-state index contributed by atoms with van der Waals surface area (Å²) >= 11 is 0. The van der Waals surface area contributed by atoms with Gasteiger partial charge < -0.3 is 15.0 Å². The lowest BCUT2D eigenvalue weighted by Gasteiger charge is -2.14. The number of aromatic nitrogens is 2. The summed E-state index contributed by atoms with van der Waals surface area (Å²) in [6.07, 6.45) is 0.261. The average Bonchev–Trinajstić information content (AvgIpc) is 3.42. The molecule has 1 fully saturated rings. The zero-order valence-electron chi connectivity index (χ0n) is 18.6. The van der Waals surface area contributed by atoms with E-state index in [0.29, 0.717) is 12.1 Å². The van der Waals surface area contributed by atoms with Crippen molar-refractivity contribution in [3.8, 4) is 11.1 Å². The Morgan fingerprint density at radius 3 is 2.29 bits per heavy atom. The van der Waals surface area contributed by atoms with Crippen LogP contribution in [-0.4, -0.2) is 65.8 Å². The topological polar surface area (TPSA) is 132 Å². The molecule has 0 unspecified atom stereocenters. The zero-order valence-corrected chi connectivity index (χ0v) is 19.4. The Bertz CT molecular complexity index is 1320. The van der Waals surface area contributed by atoms with Gasteiger partial charge in [0.1, 0.15) is 5.65 Å². The number of benzene rings is 1. The maximum Gasteiger partial charge on any atom is 0.490 e. The fourth-order valence-electron chi connectivity index (χ4n) is 3.60. The third kappa shape index (κ3) is 7.18. The van der Waals surface area contributed by atoms with Crippen LogP contribution in [0.3, 0.4) is 0 Å². The number of likely N-dealkylation sites (tertiary alicyclic amines) is 1. The quantitative estimate of drug-likeness (QED) is 0.480. The number of aromatic amines is 1. The molecular formula is C22H23F3N4O5S. The van der Waals surface area contributed by atoms with Crippen LogP contribution in [-0.2, 0) is 26.0 Å². The van der Waals surface area contributed by atoms with Gasteiger partial charge in [-0.2, -0.15) is 13.2 Å². The first kappa shape index (κ1) is 26.0. The van der Waals surface area contributed by atoms with Crippen LogP contribution in [0, 0.1) is 0 Å². The molecule has 4 rings (SSSR count). The smallest absolute Gasteiger partial charge is 0.475 e. The number of aliphatic carboxylic acids is 1. The second kappa shape index (κ2) is 10.3. The van der Waals surface area contributed by atoms with Crippen molar-refractivity contribution in [3.05, 3.63) is 48.3 Å². The molecule has 0 bridgehead atoms. The Morgan fingerprint density at radius 1 is 1.14 bits per heavy atom. The molecule has 35 heavy (non-hydrogen) atoms. The molecule has 2 aromatic heterocycles. The van der Waals surface area contributed by atoms with Crippen LogP contribution in [0.4, 0.5) is 18.9 Å². The summed E-state index contributed by atoms with van der Waals surface area (Å²) in [4.78, 5) is 30.9. The van der Waals surface area contributed by atoms with Gasteiger partial charge in [-0.15, -0.1) is 0 Å². The first-order chi connectivity index (χ1) is 16.3. The number of fused-ring (bicyclic) bond motifs is 1. The van der Waals surface area contributed by atoms with Gasteiger partial charge in [0.25, 0.3) is 0 Å². The Hall–Kier alpha value is -3.61. The van der Waals surface area contributed by atoms with Crippen molar-refractivity contribution in [2.45, 2.75) is 25.4 Å². The number of rotatable bonds is 5. The minimum absolute atomic E-state index is 0.141. The molecule has 9 nitrogen and oxygen atoms in total. The molecule has 1 aromatic carbocycles. The molecule has 13 heteroatoms. The monoisotopic (exact) mass is 512 g/mol. The summed E-state index contributed by atoms with van der Waals surface area (Å²) in [5, 5.41) is 8.07. The van der Waals surface area contributed by atoms with E-state index in [-0.39, 0.29) is 5.91 Å². The van der Waals surface area contributed by atoms with Crippen molar-refractivity contribution in [1.82, 2.24) is 14.9 Å². The van der Waals surface area contributed by atoms with Crippen LogP contribution < -0.4 is 4.72 Å². The number of pyridine rings is 1. The first-order valence-electron chi connectivity index (χ1n) is 10.5. The lowest BCUT2D eigenvalue weighted by atomic mass is 10.0. The van der Waals surface area contributed by atoms with Crippen molar-refractivity contribution in [2.75, 3.05) is 24.1 Å². The predicted molar refractivity (Wildman–Crippen MR) is 123 cm³/mol. The Labute approximate surface area is 199 Å². The molecule has 1 aliphatic rings. The number of halogens is 3. The van der Waals surface area contributed by atoms with Crippen molar-refractivity contribution < 1.29 is 36.3 Å². The van der Waals surface area contributed by atoms with Crippen LogP contribution in [0.2, 0.25) is 0 Å². The number of carboxylic acids is 1. The summed E-state index contributed by atoms with van der Waals surface area (Å²) in [7, 11) is -3.31. The molecule has 0 spiro atoms. The van der Waals surface area contributed by atoms with E-state index in [4.69, 9.17) is 9.90 Å². The number of carboxylic acid groups (broad SMARTS) is 1. The van der Waals surface area contributed by atoms with Gasteiger partial charge in [-0.25, -0.2) is 18.2 Å². The van der Waals surface area contributed by atoms with Crippen LogP contribution in [0.15, 0.2) is 42.6 Å². The van der Waals surface area contributed by atoms with E-state index in [9.17, 15) is 26.4 Å². The van der Waals surface area contributed by atoms with E-state index in [1.54, 1.807) is 18.3 Å². The number of nitrogens with zero attached hydrogens (tertiary/aromatic N) is 2. The van der Waals surface area contributed by atoms with Crippen molar-refractivity contribution >= 4 is 38.6 Å². The molecule has 1 saturated heterocycles. The van der Waals surface area contributed by atoms with Gasteiger partial charge in [-0.3, -0.25) is 9.52 Å². The summed E-state index contributed by atoms with van der Waals surface area (Å²) in [5.74, 6) is -2.62. The van der Waals surface area contributed by atoms with Crippen LogP contribution in [0.25, 0.3) is 22.2 Å². The van der Waals surface area contributed by atoms with Crippen LogP contribution in [0.5, 0.6) is 0 Å². The second-order valence-corrected chi connectivity index (χ2v) is 9.68. The van der Waals surface area contributed by atoms with Gasteiger partial charge in [0.15, 0.2) is 0 Å². The van der Waals surface area contributed by atoms with Crippen molar-refractivity contribution in [3.63, 3.8) is 0 Å². The average molecular weight is 513 g/mol. The minimum Gasteiger partial charge on any atom is -0.475 e. The maximum absolute atomic E-state index is 12.4. The summed E-state index contributed by atoms with van der Waals surface area (Å²) in [6, 6.07) is 11.1. The highest BCUT2D eigenvalue weighted by Gasteiger charge is 2.38. The standard InChI is InChI=1S/C20H22N4O3S.C2HF3O2/c1-28(26,27)23-15-6-4-14(5-7-15)17-8-9-21-20-18(17)12-16(22-20)13-19(25)24-10-2-3-11-24;3-2(4,5)1(6)7/h4-9,12,23H,2-3,10-11,13H2,1H3,(H,21,22);(H,6,7). The summed E-state index contributed by atoms with van der Waals surface area (Å²) in [6.45, 7) is 1.69.